The van der Waals surface area contributed by atoms with Gasteiger partial charge in [-0.05, 0) is 44.0 Å². The van der Waals surface area contributed by atoms with Gasteiger partial charge in [0.2, 0.25) is 5.91 Å². The van der Waals surface area contributed by atoms with E-state index in [-0.39, 0.29) is 22.3 Å². The van der Waals surface area contributed by atoms with Crippen molar-refractivity contribution < 1.29 is 19.1 Å². The van der Waals surface area contributed by atoms with Crippen molar-refractivity contribution in [3.05, 3.63) is 51.1 Å². The van der Waals surface area contributed by atoms with Crippen LogP contribution in [0.4, 0.5) is 5.69 Å². The first kappa shape index (κ1) is 20.8. The second kappa shape index (κ2) is 8.20. The lowest BCUT2D eigenvalue weighted by Crippen LogP contribution is -2.25. The van der Waals surface area contributed by atoms with Crippen LogP contribution in [0.2, 0.25) is 0 Å². The van der Waals surface area contributed by atoms with Crippen molar-refractivity contribution >= 4 is 35.1 Å². The summed E-state index contributed by atoms with van der Waals surface area (Å²) in [5.41, 5.74) is 2.16. The molecule has 8 nitrogen and oxygen atoms in total. The monoisotopic (exact) mass is 415 g/mol. The normalized spacial score (nSPS) is 13.7. The van der Waals surface area contributed by atoms with Crippen molar-refractivity contribution in [3.63, 3.8) is 0 Å². The van der Waals surface area contributed by atoms with Crippen LogP contribution < -0.4 is 10.6 Å². The highest BCUT2D eigenvalue weighted by Crippen LogP contribution is 2.32. The van der Waals surface area contributed by atoms with Crippen LogP contribution >= 0.6 is 11.8 Å². The number of nitrogens with one attached hydrogen (secondary N) is 1. The number of rotatable bonds is 5. The molecule has 2 heterocycles. The maximum Gasteiger partial charge on any atom is 0.346 e. The largest absolute Gasteiger partial charge is 0.465 e. The maximum absolute atomic E-state index is 13.0. The number of hydrogen-bond acceptors (Lipinski definition) is 7. The summed E-state index contributed by atoms with van der Waals surface area (Å²) in [5.74, 6) is -0.817. The summed E-state index contributed by atoms with van der Waals surface area (Å²) in [4.78, 5) is 56.5. The van der Waals surface area contributed by atoms with Gasteiger partial charge in [0.05, 0.1) is 12.4 Å². The van der Waals surface area contributed by atoms with E-state index in [1.807, 2.05) is 0 Å². The molecule has 0 aliphatic carbocycles. The van der Waals surface area contributed by atoms with E-state index >= 15 is 0 Å². The fourth-order valence-electron chi connectivity index (χ4n) is 3.32. The zero-order chi connectivity index (χ0) is 21.3. The number of H-pyrrole nitrogens is 1. The number of thioether (sulfide) groups is 1. The van der Waals surface area contributed by atoms with Gasteiger partial charge in [0, 0.05) is 30.4 Å². The van der Waals surface area contributed by atoms with Crippen LogP contribution in [0.15, 0.2) is 28.0 Å². The topological polar surface area (TPSA) is 109 Å². The van der Waals surface area contributed by atoms with Crippen molar-refractivity contribution in [2.24, 2.45) is 0 Å². The van der Waals surface area contributed by atoms with E-state index in [2.05, 4.69) is 9.97 Å². The van der Waals surface area contributed by atoms with Gasteiger partial charge in [0.25, 0.3) is 0 Å². The standard InChI is InChI=1S/C20H21N3O5S/c1-10-16(19(26)28-4)18(22-20(27)21-10)29-11(2)17(25)14-5-6-15-13(9-14)7-8-23(15)12(3)24/h5-6,9,11H,7-8H2,1-4H3,(H,21,22,27). The molecule has 1 amide bonds. The first-order valence-corrected chi connectivity index (χ1v) is 9.92. The highest BCUT2D eigenvalue weighted by molar-refractivity contribution is 8.00. The number of aryl methyl sites for hydroxylation is 1. The average Bonchev–Trinajstić information content (AvgIpc) is 3.09. The van der Waals surface area contributed by atoms with Crippen LogP contribution in [-0.4, -0.2) is 46.5 Å². The van der Waals surface area contributed by atoms with Gasteiger partial charge in [-0.25, -0.2) is 9.59 Å². The molecule has 0 saturated carbocycles. The number of hydrogen-bond donors (Lipinski definition) is 1. The van der Waals surface area contributed by atoms with E-state index in [1.165, 1.54) is 14.0 Å². The number of ketones is 1. The Morgan fingerprint density at radius 3 is 2.69 bits per heavy atom. The summed E-state index contributed by atoms with van der Waals surface area (Å²) in [6, 6.07) is 5.27. The number of ether oxygens (including phenoxy) is 1. The zero-order valence-electron chi connectivity index (χ0n) is 16.6. The van der Waals surface area contributed by atoms with Gasteiger partial charge in [0.15, 0.2) is 5.78 Å². The number of Topliss-reactive ketones (excluding diaryl/α,β-unsaturated/α-hetero) is 1. The predicted octanol–water partition coefficient (Wildman–Crippen LogP) is 2.14. The molecule has 0 radical (unpaired) electrons. The fraction of sp³-hybridized carbons (Fsp3) is 0.350. The third-order valence-corrected chi connectivity index (χ3v) is 5.86. The quantitative estimate of drug-likeness (QED) is 0.345. The number of carbonyl (C=O) groups excluding carboxylic acids is 3. The highest BCUT2D eigenvalue weighted by Gasteiger charge is 2.26. The van der Waals surface area contributed by atoms with Crippen LogP contribution in [0, 0.1) is 6.92 Å². The maximum atomic E-state index is 13.0. The predicted molar refractivity (Wildman–Crippen MR) is 109 cm³/mol. The summed E-state index contributed by atoms with van der Waals surface area (Å²) in [6.07, 6.45) is 0.693. The van der Waals surface area contributed by atoms with Gasteiger partial charge < -0.3 is 14.6 Å². The Morgan fingerprint density at radius 2 is 2.03 bits per heavy atom. The second-order valence-corrected chi connectivity index (χ2v) is 8.06. The number of nitrogens with zero attached hydrogens (tertiary/aromatic N) is 2. The molecule has 0 bridgehead atoms. The molecule has 1 aliphatic heterocycles. The number of amides is 1. The van der Waals surface area contributed by atoms with Gasteiger partial charge in [-0.15, -0.1) is 0 Å². The van der Waals surface area contributed by atoms with E-state index in [9.17, 15) is 19.2 Å². The lowest BCUT2D eigenvalue weighted by molar-refractivity contribution is -0.116. The Balaban J connectivity index is 1.87. The van der Waals surface area contributed by atoms with Crippen LogP contribution in [0.5, 0.6) is 0 Å². The van der Waals surface area contributed by atoms with E-state index in [1.54, 1.807) is 36.9 Å². The number of esters is 1. The Bertz CT molecular complexity index is 1060. The number of aromatic nitrogens is 2. The van der Waals surface area contributed by atoms with Gasteiger partial charge in [-0.1, -0.05) is 11.8 Å². The SMILES string of the molecule is COC(=O)c1c(SC(C)C(=O)c2ccc3c(c2)CCN3C(C)=O)nc(=O)[nH]c1C. The summed E-state index contributed by atoms with van der Waals surface area (Å²) < 4.78 is 4.77. The Hall–Kier alpha value is -2.94. The van der Waals surface area contributed by atoms with Crippen LogP contribution in [0.3, 0.4) is 0 Å². The van der Waals surface area contributed by atoms with Crippen LogP contribution in [0.25, 0.3) is 0 Å². The van der Waals surface area contributed by atoms with Crippen molar-refractivity contribution in [1.82, 2.24) is 9.97 Å². The molecular weight excluding hydrogens is 394 g/mol. The molecule has 1 aromatic heterocycles. The highest BCUT2D eigenvalue weighted by atomic mass is 32.2. The molecule has 1 aliphatic rings. The summed E-state index contributed by atoms with van der Waals surface area (Å²) in [6.45, 7) is 5.39. The summed E-state index contributed by atoms with van der Waals surface area (Å²) in [5, 5.41) is -0.432. The van der Waals surface area contributed by atoms with E-state index in [4.69, 9.17) is 4.74 Å². The molecule has 1 aromatic carbocycles. The zero-order valence-corrected chi connectivity index (χ0v) is 17.4. The van der Waals surface area contributed by atoms with Gasteiger partial charge in [0.1, 0.15) is 10.6 Å². The number of fused-ring (bicyclic) bond motifs is 1. The molecular formula is C20H21N3O5S. The molecule has 1 unspecified atom stereocenters. The third-order valence-electron chi connectivity index (χ3n) is 4.77. The molecule has 9 heteroatoms. The lowest BCUT2D eigenvalue weighted by atomic mass is 10.0. The summed E-state index contributed by atoms with van der Waals surface area (Å²) >= 11 is 1.04. The van der Waals surface area contributed by atoms with Gasteiger partial charge in [-0.2, -0.15) is 4.98 Å². The minimum atomic E-state index is -0.629. The minimum absolute atomic E-state index is 0.0298. The smallest absolute Gasteiger partial charge is 0.346 e. The fourth-order valence-corrected chi connectivity index (χ4v) is 4.39. The van der Waals surface area contributed by atoms with Crippen molar-refractivity contribution in [1.29, 1.82) is 0 Å². The van der Waals surface area contributed by atoms with Crippen LogP contribution in [0.1, 0.15) is 45.8 Å². The average molecular weight is 415 g/mol. The molecule has 152 valence electrons. The van der Waals surface area contributed by atoms with E-state index in [0.717, 1.165) is 23.0 Å². The molecule has 1 atom stereocenters. The number of benzene rings is 1. The summed E-state index contributed by atoms with van der Waals surface area (Å²) in [7, 11) is 1.24. The first-order valence-electron chi connectivity index (χ1n) is 9.04. The molecule has 0 fully saturated rings. The Kier molecular flexibility index (Phi) is 5.88. The molecule has 1 N–H and O–H groups in total. The first-order chi connectivity index (χ1) is 13.7. The van der Waals surface area contributed by atoms with Crippen molar-refractivity contribution in [2.75, 3.05) is 18.6 Å². The number of anilines is 1. The molecule has 29 heavy (non-hydrogen) atoms. The third kappa shape index (κ3) is 4.09. The van der Waals surface area contributed by atoms with Crippen molar-refractivity contribution in [3.8, 4) is 0 Å². The molecule has 0 saturated heterocycles. The van der Waals surface area contributed by atoms with Gasteiger partial charge >= 0.3 is 11.7 Å². The van der Waals surface area contributed by atoms with E-state index < -0.39 is 16.9 Å². The second-order valence-electron chi connectivity index (χ2n) is 6.73. The van der Waals surface area contributed by atoms with Crippen LogP contribution in [-0.2, 0) is 16.0 Å². The number of methoxy groups -OCH3 is 1. The van der Waals surface area contributed by atoms with Gasteiger partial charge in [-0.3, -0.25) is 9.59 Å². The lowest BCUT2D eigenvalue weighted by Gasteiger charge is -2.16. The molecule has 3 rings (SSSR count). The Labute approximate surface area is 171 Å². The molecule has 2 aromatic rings. The number of aromatic amines is 1. The van der Waals surface area contributed by atoms with E-state index in [0.29, 0.717) is 24.2 Å². The Morgan fingerprint density at radius 1 is 1.31 bits per heavy atom. The molecule has 0 spiro atoms. The minimum Gasteiger partial charge on any atom is -0.465 e. The van der Waals surface area contributed by atoms with Crippen molar-refractivity contribution in [2.45, 2.75) is 37.5 Å². The number of carbonyl (C=O) groups is 3.